The van der Waals surface area contributed by atoms with E-state index in [1.807, 2.05) is 11.9 Å². The zero-order valence-electron chi connectivity index (χ0n) is 8.87. The summed E-state index contributed by atoms with van der Waals surface area (Å²) in [6.07, 6.45) is 0.624. The van der Waals surface area contributed by atoms with Crippen LogP contribution in [0, 0.1) is 0 Å². The molecule has 1 rings (SSSR count). The van der Waals surface area contributed by atoms with E-state index in [9.17, 15) is 14.4 Å². The standard InChI is InChI=1S/C9H14N4O3/c1-5(10)2-3-11-8(15)6-4-7(14)13-9(16)12-6/h4-5H,2-3,10H2,1H3,(H,11,15)(H2,12,13,14,16). The van der Waals surface area contributed by atoms with Crippen molar-refractivity contribution in [2.24, 2.45) is 5.73 Å². The van der Waals surface area contributed by atoms with Crippen LogP contribution in [0.5, 0.6) is 0 Å². The van der Waals surface area contributed by atoms with Crippen LogP contribution in [0.3, 0.4) is 0 Å². The molecule has 0 saturated carbocycles. The Kier molecular flexibility index (Phi) is 4.01. The summed E-state index contributed by atoms with van der Waals surface area (Å²) in [6, 6.07) is 1.02. The van der Waals surface area contributed by atoms with Gasteiger partial charge in [0.15, 0.2) is 0 Å². The molecule has 88 valence electrons. The lowest BCUT2D eigenvalue weighted by atomic mass is 10.2. The number of nitrogens with two attached hydrogens (primary N) is 1. The van der Waals surface area contributed by atoms with Crippen LogP contribution in [0.2, 0.25) is 0 Å². The molecule has 1 amide bonds. The van der Waals surface area contributed by atoms with E-state index in [4.69, 9.17) is 5.73 Å². The summed E-state index contributed by atoms with van der Waals surface area (Å²) >= 11 is 0. The van der Waals surface area contributed by atoms with Crippen molar-refractivity contribution in [1.29, 1.82) is 0 Å². The molecule has 0 fully saturated rings. The summed E-state index contributed by atoms with van der Waals surface area (Å²) in [6.45, 7) is 2.21. The van der Waals surface area contributed by atoms with E-state index in [0.717, 1.165) is 6.07 Å². The Morgan fingerprint density at radius 3 is 2.75 bits per heavy atom. The van der Waals surface area contributed by atoms with Crippen molar-refractivity contribution < 1.29 is 4.79 Å². The maximum Gasteiger partial charge on any atom is 0.326 e. The SMILES string of the molecule is CC(N)CCNC(=O)c1cc(=O)[nH]c(=O)[nH]1. The molecule has 0 spiro atoms. The molecule has 5 N–H and O–H groups in total. The second-order valence-electron chi connectivity index (χ2n) is 3.52. The number of hydrogen-bond donors (Lipinski definition) is 4. The van der Waals surface area contributed by atoms with Crippen molar-refractivity contribution in [3.63, 3.8) is 0 Å². The zero-order valence-corrected chi connectivity index (χ0v) is 8.87. The number of aromatic nitrogens is 2. The summed E-state index contributed by atoms with van der Waals surface area (Å²) < 4.78 is 0. The smallest absolute Gasteiger partial charge is 0.326 e. The molecule has 0 aliphatic rings. The molecule has 0 aliphatic heterocycles. The molecule has 0 saturated heterocycles. The van der Waals surface area contributed by atoms with E-state index >= 15 is 0 Å². The predicted molar refractivity (Wildman–Crippen MR) is 58.3 cm³/mol. The van der Waals surface area contributed by atoms with Gasteiger partial charge in [-0.15, -0.1) is 0 Å². The van der Waals surface area contributed by atoms with Crippen molar-refractivity contribution in [2.75, 3.05) is 6.54 Å². The summed E-state index contributed by atoms with van der Waals surface area (Å²) in [5.41, 5.74) is 4.13. The Hall–Kier alpha value is -1.89. The third-order valence-corrected chi connectivity index (χ3v) is 1.89. The second kappa shape index (κ2) is 5.26. The number of aromatic amines is 2. The van der Waals surface area contributed by atoms with Gasteiger partial charge in [-0.2, -0.15) is 0 Å². The molecule has 1 atom stereocenters. The summed E-state index contributed by atoms with van der Waals surface area (Å²) in [5.74, 6) is -0.496. The fourth-order valence-corrected chi connectivity index (χ4v) is 1.10. The Labute approximate surface area is 91.1 Å². The highest BCUT2D eigenvalue weighted by molar-refractivity contribution is 5.91. The first-order chi connectivity index (χ1) is 7.49. The lowest BCUT2D eigenvalue weighted by Crippen LogP contribution is -2.33. The molecule has 16 heavy (non-hydrogen) atoms. The summed E-state index contributed by atoms with van der Waals surface area (Å²) in [4.78, 5) is 37.5. The van der Waals surface area contributed by atoms with Crippen LogP contribution < -0.4 is 22.3 Å². The van der Waals surface area contributed by atoms with E-state index in [2.05, 4.69) is 10.3 Å². The fraction of sp³-hybridized carbons (Fsp3) is 0.444. The third kappa shape index (κ3) is 3.70. The zero-order chi connectivity index (χ0) is 12.1. The molecular formula is C9H14N4O3. The Morgan fingerprint density at radius 2 is 2.19 bits per heavy atom. The largest absolute Gasteiger partial charge is 0.351 e. The van der Waals surface area contributed by atoms with Crippen LogP contribution in [-0.2, 0) is 0 Å². The first-order valence-electron chi connectivity index (χ1n) is 4.86. The molecule has 1 aromatic heterocycles. The van der Waals surface area contributed by atoms with Gasteiger partial charge in [0.2, 0.25) is 0 Å². The lowest BCUT2D eigenvalue weighted by molar-refractivity contribution is 0.0947. The van der Waals surface area contributed by atoms with Crippen molar-refractivity contribution >= 4 is 5.91 Å². The maximum absolute atomic E-state index is 11.5. The minimum atomic E-state index is -0.704. The first-order valence-corrected chi connectivity index (χ1v) is 4.86. The quantitative estimate of drug-likeness (QED) is 0.500. The highest BCUT2D eigenvalue weighted by Crippen LogP contribution is 1.87. The van der Waals surface area contributed by atoms with Gasteiger partial charge in [0.25, 0.3) is 11.5 Å². The molecule has 7 nitrogen and oxygen atoms in total. The summed E-state index contributed by atoms with van der Waals surface area (Å²) in [7, 11) is 0. The van der Waals surface area contributed by atoms with Gasteiger partial charge >= 0.3 is 5.69 Å². The van der Waals surface area contributed by atoms with Crippen molar-refractivity contribution in [3.05, 3.63) is 32.6 Å². The van der Waals surface area contributed by atoms with E-state index in [1.165, 1.54) is 0 Å². The van der Waals surface area contributed by atoms with E-state index in [1.54, 1.807) is 0 Å². The van der Waals surface area contributed by atoms with Crippen LogP contribution >= 0.6 is 0 Å². The number of rotatable bonds is 4. The van der Waals surface area contributed by atoms with Gasteiger partial charge in [0.1, 0.15) is 5.69 Å². The average molecular weight is 226 g/mol. The third-order valence-electron chi connectivity index (χ3n) is 1.89. The van der Waals surface area contributed by atoms with Crippen LogP contribution in [0.1, 0.15) is 23.8 Å². The number of carbonyl (C=O) groups excluding carboxylic acids is 1. The fourth-order valence-electron chi connectivity index (χ4n) is 1.10. The lowest BCUT2D eigenvalue weighted by Gasteiger charge is -2.06. The van der Waals surface area contributed by atoms with Crippen molar-refractivity contribution in [1.82, 2.24) is 15.3 Å². The summed E-state index contributed by atoms with van der Waals surface area (Å²) in [5, 5.41) is 2.54. The van der Waals surface area contributed by atoms with Gasteiger partial charge in [-0.25, -0.2) is 4.79 Å². The van der Waals surface area contributed by atoms with Gasteiger partial charge in [-0.3, -0.25) is 14.6 Å². The van der Waals surface area contributed by atoms with Crippen LogP contribution in [0.15, 0.2) is 15.7 Å². The molecule has 0 bridgehead atoms. The number of hydrogen-bond acceptors (Lipinski definition) is 4. The number of amides is 1. The van der Waals surface area contributed by atoms with Gasteiger partial charge in [-0.1, -0.05) is 0 Å². The van der Waals surface area contributed by atoms with Crippen LogP contribution in [0.25, 0.3) is 0 Å². The van der Waals surface area contributed by atoms with Gasteiger partial charge in [0, 0.05) is 18.7 Å². The molecule has 0 aliphatic carbocycles. The molecule has 1 aromatic rings. The number of H-pyrrole nitrogens is 2. The monoisotopic (exact) mass is 226 g/mol. The molecule has 0 radical (unpaired) electrons. The maximum atomic E-state index is 11.5. The first kappa shape index (κ1) is 12.2. The van der Waals surface area contributed by atoms with Gasteiger partial charge in [0.05, 0.1) is 0 Å². The number of nitrogens with one attached hydrogen (secondary N) is 3. The molecule has 0 aromatic carbocycles. The van der Waals surface area contributed by atoms with Crippen LogP contribution in [-0.4, -0.2) is 28.5 Å². The van der Waals surface area contributed by atoms with Crippen molar-refractivity contribution in [3.8, 4) is 0 Å². The normalized spacial score (nSPS) is 12.1. The minimum Gasteiger partial charge on any atom is -0.351 e. The molecular weight excluding hydrogens is 212 g/mol. The Balaban J connectivity index is 2.66. The van der Waals surface area contributed by atoms with Crippen LogP contribution in [0.4, 0.5) is 0 Å². The topological polar surface area (TPSA) is 121 Å². The second-order valence-corrected chi connectivity index (χ2v) is 3.52. The van der Waals surface area contributed by atoms with E-state index in [-0.39, 0.29) is 11.7 Å². The van der Waals surface area contributed by atoms with Gasteiger partial charge < -0.3 is 16.0 Å². The molecule has 1 unspecified atom stereocenters. The van der Waals surface area contributed by atoms with Gasteiger partial charge in [-0.05, 0) is 13.3 Å². The van der Waals surface area contributed by atoms with E-state index in [0.29, 0.717) is 13.0 Å². The Bertz CT molecular complexity index is 446. The highest BCUT2D eigenvalue weighted by Gasteiger charge is 2.07. The molecule has 1 heterocycles. The van der Waals surface area contributed by atoms with E-state index < -0.39 is 17.2 Å². The highest BCUT2D eigenvalue weighted by atomic mass is 16.2. The van der Waals surface area contributed by atoms with Crippen molar-refractivity contribution in [2.45, 2.75) is 19.4 Å². The Morgan fingerprint density at radius 1 is 1.50 bits per heavy atom. The predicted octanol–water partition coefficient (Wildman–Crippen LogP) is -1.47. The minimum absolute atomic E-state index is 0.0153. The number of carbonyl (C=O) groups is 1. The molecule has 7 heteroatoms. The average Bonchev–Trinajstić information content (AvgIpc) is 2.15.